The number of fused-ring (bicyclic) bond motifs is 1. The Bertz CT molecular complexity index is 1170. The number of alkyl halides is 1. The van der Waals surface area contributed by atoms with Gasteiger partial charge in [-0.25, -0.2) is 9.37 Å². The van der Waals surface area contributed by atoms with Crippen molar-refractivity contribution in [1.29, 1.82) is 0 Å². The zero-order valence-electron chi connectivity index (χ0n) is 16.9. The van der Waals surface area contributed by atoms with E-state index in [0.29, 0.717) is 13.2 Å². The molecule has 0 amide bonds. The minimum atomic E-state index is -0.485. The van der Waals surface area contributed by atoms with E-state index in [2.05, 4.69) is 27.1 Å². The van der Waals surface area contributed by atoms with Gasteiger partial charge in [-0.05, 0) is 25.1 Å². The van der Waals surface area contributed by atoms with Gasteiger partial charge in [0.1, 0.15) is 23.7 Å². The molecule has 9 nitrogen and oxygen atoms in total. The summed E-state index contributed by atoms with van der Waals surface area (Å²) < 4.78 is 22.2. The van der Waals surface area contributed by atoms with E-state index in [0.717, 1.165) is 46.0 Å². The SMILES string of the molecule is CC1COCCN1c1cc(-c2ccnn2CCF)c2c(n1)c(-c1ccn[nH]1)nn2C. The number of hydrogen-bond acceptors (Lipinski definition) is 6. The Morgan fingerprint density at radius 3 is 2.97 bits per heavy atom. The number of hydrogen-bond donors (Lipinski definition) is 1. The fraction of sp³-hybridized carbons (Fsp3) is 0.400. The van der Waals surface area contributed by atoms with Crippen LogP contribution in [0.15, 0.2) is 30.6 Å². The highest BCUT2D eigenvalue weighted by Gasteiger charge is 2.25. The largest absolute Gasteiger partial charge is 0.377 e. The quantitative estimate of drug-likeness (QED) is 0.544. The summed E-state index contributed by atoms with van der Waals surface area (Å²) >= 11 is 0. The van der Waals surface area contributed by atoms with Gasteiger partial charge >= 0.3 is 0 Å². The molecular formula is C20H23FN8O. The normalized spacial score (nSPS) is 17.2. The first kappa shape index (κ1) is 18.7. The fourth-order valence-electron chi connectivity index (χ4n) is 4.06. The van der Waals surface area contributed by atoms with Crippen LogP contribution in [0, 0.1) is 0 Å². The molecule has 0 spiro atoms. The van der Waals surface area contributed by atoms with Gasteiger partial charge in [0.05, 0.1) is 42.7 Å². The number of nitrogens with zero attached hydrogens (tertiary/aromatic N) is 7. The van der Waals surface area contributed by atoms with Crippen molar-refractivity contribution in [3.8, 4) is 22.6 Å². The van der Waals surface area contributed by atoms with Gasteiger partial charge in [0.15, 0.2) is 0 Å². The summed E-state index contributed by atoms with van der Waals surface area (Å²) in [7, 11) is 1.89. The van der Waals surface area contributed by atoms with E-state index < -0.39 is 6.67 Å². The average molecular weight is 410 g/mol. The summed E-state index contributed by atoms with van der Waals surface area (Å²) in [5.74, 6) is 0.843. The van der Waals surface area contributed by atoms with E-state index in [1.54, 1.807) is 17.1 Å². The summed E-state index contributed by atoms with van der Waals surface area (Å²) in [4.78, 5) is 7.25. The molecule has 1 aliphatic rings. The molecule has 30 heavy (non-hydrogen) atoms. The van der Waals surface area contributed by atoms with Gasteiger partial charge in [-0.2, -0.15) is 15.3 Å². The monoisotopic (exact) mass is 410 g/mol. The molecule has 5 rings (SSSR count). The van der Waals surface area contributed by atoms with E-state index in [4.69, 9.17) is 14.8 Å². The first-order valence-electron chi connectivity index (χ1n) is 9.97. The van der Waals surface area contributed by atoms with Crippen LogP contribution in [0.4, 0.5) is 10.2 Å². The lowest BCUT2D eigenvalue weighted by molar-refractivity contribution is 0.0986. The molecule has 0 bridgehead atoms. The average Bonchev–Trinajstić information content (AvgIpc) is 3.49. The van der Waals surface area contributed by atoms with E-state index >= 15 is 0 Å². The second-order valence-electron chi connectivity index (χ2n) is 7.41. The van der Waals surface area contributed by atoms with E-state index in [-0.39, 0.29) is 12.6 Å². The predicted octanol–water partition coefficient (Wildman–Crippen LogP) is 2.42. The zero-order valence-corrected chi connectivity index (χ0v) is 16.9. The number of H-pyrrole nitrogens is 1. The van der Waals surface area contributed by atoms with Crippen LogP contribution in [0.1, 0.15) is 6.92 Å². The second-order valence-corrected chi connectivity index (χ2v) is 7.41. The molecule has 1 fully saturated rings. The van der Waals surface area contributed by atoms with Crippen molar-refractivity contribution >= 4 is 16.9 Å². The lowest BCUT2D eigenvalue weighted by atomic mass is 10.1. The fourth-order valence-corrected chi connectivity index (χ4v) is 4.06. The van der Waals surface area contributed by atoms with E-state index in [9.17, 15) is 4.39 Å². The Balaban J connectivity index is 1.78. The molecule has 1 atom stereocenters. The molecule has 4 aromatic rings. The molecule has 4 aromatic heterocycles. The number of aromatic amines is 1. The number of nitrogens with one attached hydrogen (secondary N) is 1. The van der Waals surface area contributed by atoms with Crippen LogP contribution < -0.4 is 4.90 Å². The minimum absolute atomic E-state index is 0.194. The van der Waals surface area contributed by atoms with Gasteiger partial charge in [-0.15, -0.1) is 0 Å². The van der Waals surface area contributed by atoms with Gasteiger partial charge in [-0.3, -0.25) is 14.5 Å². The van der Waals surface area contributed by atoms with Crippen molar-refractivity contribution in [2.24, 2.45) is 7.05 Å². The molecule has 1 saturated heterocycles. The van der Waals surface area contributed by atoms with Crippen molar-refractivity contribution in [3.63, 3.8) is 0 Å². The van der Waals surface area contributed by atoms with Crippen LogP contribution in [0.3, 0.4) is 0 Å². The molecule has 0 aromatic carbocycles. The highest BCUT2D eigenvalue weighted by atomic mass is 19.1. The lowest BCUT2D eigenvalue weighted by Crippen LogP contribution is -2.44. The Kier molecular flexibility index (Phi) is 4.70. The highest BCUT2D eigenvalue weighted by molar-refractivity contribution is 5.99. The molecule has 10 heteroatoms. The number of aryl methyl sites for hydroxylation is 2. The third-order valence-electron chi connectivity index (χ3n) is 5.48. The third kappa shape index (κ3) is 3.04. The van der Waals surface area contributed by atoms with Gasteiger partial charge < -0.3 is 9.64 Å². The molecule has 1 unspecified atom stereocenters. The summed E-state index contributed by atoms with van der Waals surface area (Å²) in [5.41, 5.74) is 4.90. The molecule has 0 radical (unpaired) electrons. The zero-order chi connectivity index (χ0) is 20.7. The van der Waals surface area contributed by atoms with Crippen LogP contribution in [0.25, 0.3) is 33.7 Å². The van der Waals surface area contributed by atoms with Crippen molar-refractivity contribution in [2.75, 3.05) is 31.3 Å². The first-order chi connectivity index (χ1) is 14.7. The Morgan fingerprint density at radius 1 is 1.30 bits per heavy atom. The van der Waals surface area contributed by atoms with Crippen LogP contribution in [0.2, 0.25) is 0 Å². The van der Waals surface area contributed by atoms with E-state index in [1.165, 1.54) is 0 Å². The van der Waals surface area contributed by atoms with Crippen molar-refractivity contribution in [3.05, 3.63) is 30.6 Å². The van der Waals surface area contributed by atoms with Crippen LogP contribution in [-0.4, -0.2) is 67.2 Å². The van der Waals surface area contributed by atoms with E-state index in [1.807, 2.05) is 29.9 Å². The number of ether oxygens (including phenoxy) is 1. The molecule has 1 aliphatic heterocycles. The van der Waals surface area contributed by atoms with Crippen molar-refractivity contribution in [2.45, 2.75) is 19.5 Å². The topological polar surface area (TPSA) is 89.7 Å². The van der Waals surface area contributed by atoms with Crippen molar-refractivity contribution < 1.29 is 9.13 Å². The standard InChI is InChI=1S/C20H23FN8O/c1-13-12-30-10-9-28(13)17-11-14(16-4-7-23-29(16)8-5-21)20-19(24-17)18(26-27(20)2)15-3-6-22-25-15/h3-4,6-7,11,13H,5,8-10,12H2,1-2H3,(H,22,25). The summed E-state index contributed by atoms with van der Waals surface area (Å²) in [5, 5.41) is 16.1. The lowest BCUT2D eigenvalue weighted by Gasteiger charge is -2.34. The Morgan fingerprint density at radius 2 is 2.20 bits per heavy atom. The summed E-state index contributed by atoms with van der Waals surface area (Å²) in [6, 6.07) is 6.02. The summed E-state index contributed by atoms with van der Waals surface area (Å²) in [6.07, 6.45) is 3.39. The summed E-state index contributed by atoms with van der Waals surface area (Å²) in [6.45, 7) is 3.89. The number of rotatable bonds is 5. The van der Waals surface area contributed by atoms with Crippen LogP contribution >= 0.6 is 0 Å². The van der Waals surface area contributed by atoms with Crippen LogP contribution in [-0.2, 0) is 18.3 Å². The maximum Gasteiger partial charge on any atom is 0.136 e. The molecule has 0 saturated carbocycles. The minimum Gasteiger partial charge on any atom is -0.377 e. The van der Waals surface area contributed by atoms with Crippen molar-refractivity contribution in [1.82, 2.24) is 34.7 Å². The van der Waals surface area contributed by atoms with Gasteiger partial charge in [-0.1, -0.05) is 0 Å². The molecule has 1 N–H and O–H groups in total. The smallest absolute Gasteiger partial charge is 0.136 e. The van der Waals surface area contributed by atoms with Gasteiger partial charge in [0.25, 0.3) is 0 Å². The van der Waals surface area contributed by atoms with Crippen LogP contribution in [0.5, 0.6) is 0 Å². The van der Waals surface area contributed by atoms with Gasteiger partial charge in [0.2, 0.25) is 0 Å². The molecule has 156 valence electrons. The molecule has 0 aliphatic carbocycles. The third-order valence-corrected chi connectivity index (χ3v) is 5.48. The number of pyridine rings is 1. The number of halogens is 1. The maximum absolute atomic E-state index is 13.1. The Hall–Kier alpha value is -3.27. The number of aromatic nitrogens is 7. The Labute approximate surface area is 172 Å². The predicted molar refractivity (Wildman–Crippen MR) is 111 cm³/mol. The highest BCUT2D eigenvalue weighted by Crippen LogP contribution is 2.36. The van der Waals surface area contributed by atoms with Gasteiger partial charge in [0, 0.05) is 31.5 Å². The molecular weight excluding hydrogens is 387 g/mol. The number of morpholine rings is 1. The number of anilines is 1. The maximum atomic E-state index is 13.1. The molecule has 5 heterocycles. The first-order valence-corrected chi connectivity index (χ1v) is 9.97. The second kappa shape index (κ2) is 7.52.